The van der Waals surface area contributed by atoms with Gasteiger partial charge in [0.05, 0.1) is 0 Å². The highest BCUT2D eigenvalue weighted by molar-refractivity contribution is 5.99. The second-order valence-corrected chi connectivity index (χ2v) is 7.72. The molecule has 0 aromatic heterocycles. The Morgan fingerprint density at radius 1 is 1.12 bits per heavy atom. The second-order valence-electron chi connectivity index (χ2n) is 7.72. The Kier molecular flexibility index (Phi) is 3.73. The van der Waals surface area contributed by atoms with Gasteiger partial charge in [-0.05, 0) is 44.9 Å². The lowest BCUT2D eigenvalue weighted by atomic mass is 9.96. The Labute approximate surface area is 146 Å². The fraction of sp³-hybridized carbons (Fsp3) is 0.765. The zero-order chi connectivity index (χ0) is 17.8. The van der Waals surface area contributed by atoms with Gasteiger partial charge >= 0.3 is 0 Å². The van der Waals surface area contributed by atoms with Crippen LogP contribution in [-0.2, 0) is 19.2 Å². The number of nitrogens with zero attached hydrogens (tertiary/aromatic N) is 2. The summed E-state index contributed by atoms with van der Waals surface area (Å²) in [6, 6.07) is -1.06. The van der Waals surface area contributed by atoms with E-state index in [1.807, 2.05) is 0 Å². The van der Waals surface area contributed by atoms with E-state index in [1.165, 1.54) is 0 Å². The first-order chi connectivity index (χ1) is 11.9. The molecule has 4 saturated heterocycles. The van der Waals surface area contributed by atoms with Gasteiger partial charge in [-0.3, -0.25) is 19.2 Å². The Morgan fingerprint density at radius 2 is 1.92 bits per heavy atom. The van der Waals surface area contributed by atoms with Crippen LogP contribution in [-0.4, -0.2) is 63.6 Å². The third-order valence-corrected chi connectivity index (χ3v) is 6.37. The molecular weight excluding hydrogens is 324 g/mol. The van der Waals surface area contributed by atoms with Crippen molar-refractivity contribution < 1.29 is 19.2 Å². The number of hydrogen-bond donors (Lipinski definition) is 2. The van der Waals surface area contributed by atoms with Crippen LogP contribution in [0, 0.1) is 0 Å². The van der Waals surface area contributed by atoms with Crippen LogP contribution >= 0.6 is 0 Å². The number of carbonyl (C=O) groups is 4. The first kappa shape index (κ1) is 16.4. The highest BCUT2D eigenvalue weighted by atomic mass is 16.2. The van der Waals surface area contributed by atoms with Gasteiger partial charge in [-0.2, -0.15) is 0 Å². The molecule has 0 unspecified atom stereocenters. The summed E-state index contributed by atoms with van der Waals surface area (Å²) in [4.78, 5) is 52.8. The van der Waals surface area contributed by atoms with Crippen LogP contribution in [0.4, 0.5) is 0 Å². The molecule has 4 heterocycles. The third kappa shape index (κ3) is 2.41. The van der Waals surface area contributed by atoms with E-state index in [-0.39, 0.29) is 23.8 Å². The minimum atomic E-state index is -0.822. The molecule has 136 valence electrons. The van der Waals surface area contributed by atoms with Gasteiger partial charge in [-0.25, -0.2) is 0 Å². The zero-order valence-corrected chi connectivity index (χ0v) is 14.2. The summed E-state index contributed by atoms with van der Waals surface area (Å²) >= 11 is 0. The zero-order valence-electron chi connectivity index (χ0n) is 14.2. The summed E-state index contributed by atoms with van der Waals surface area (Å²) in [5, 5.41) is 2.82. The van der Waals surface area contributed by atoms with Gasteiger partial charge in [-0.15, -0.1) is 0 Å². The average molecular weight is 348 g/mol. The van der Waals surface area contributed by atoms with E-state index >= 15 is 0 Å². The van der Waals surface area contributed by atoms with Gasteiger partial charge in [0.15, 0.2) is 0 Å². The van der Waals surface area contributed by atoms with Crippen molar-refractivity contribution in [3.05, 3.63) is 0 Å². The van der Waals surface area contributed by atoms with Gasteiger partial charge in [-0.1, -0.05) is 0 Å². The molecule has 8 heteroatoms. The Hall–Kier alpha value is -2.12. The van der Waals surface area contributed by atoms with Gasteiger partial charge < -0.3 is 20.9 Å². The minimum absolute atomic E-state index is 0.0489. The van der Waals surface area contributed by atoms with Crippen LogP contribution in [0.1, 0.15) is 51.4 Å². The van der Waals surface area contributed by atoms with Crippen molar-refractivity contribution >= 4 is 23.6 Å². The first-order valence-corrected chi connectivity index (χ1v) is 9.16. The topological polar surface area (TPSA) is 113 Å². The van der Waals surface area contributed by atoms with Crippen LogP contribution in [0.5, 0.6) is 0 Å². The second kappa shape index (κ2) is 5.71. The smallest absolute Gasteiger partial charge is 0.249 e. The lowest BCUT2D eigenvalue weighted by molar-refractivity contribution is -0.148. The molecular formula is C17H24N4O4. The molecule has 8 nitrogen and oxygen atoms in total. The summed E-state index contributed by atoms with van der Waals surface area (Å²) in [6.45, 7) is 0.468. The normalized spacial score (nSPS) is 38.2. The molecule has 0 saturated carbocycles. The fourth-order valence-electron chi connectivity index (χ4n) is 5.07. The number of likely N-dealkylation sites (tertiary alicyclic amines) is 1. The minimum Gasteiger partial charge on any atom is -0.368 e. The van der Waals surface area contributed by atoms with Crippen LogP contribution < -0.4 is 11.1 Å². The van der Waals surface area contributed by atoms with E-state index in [4.69, 9.17) is 5.73 Å². The van der Waals surface area contributed by atoms with Gasteiger partial charge in [0.25, 0.3) is 0 Å². The van der Waals surface area contributed by atoms with Crippen molar-refractivity contribution in [3.63, 3.8) is 0 Å². The number of nitrogens with two attached hydrogens (primary N) is 1. The van der Waals surface area contributed by atoms with E-state index < -0.39 is 23.5 Å². The van der Waals surface area contributed by atoms with Crippen molar-refractivity contribution in [2.24, 2.45) is 5.73 Å². The summed E-state index contributed by atoms with van der Waals surface area (Å²) in [6.07, 6.45) is 5.08. The highest BCUT2D eigenvalue weighted by Crippen LogP contribution is 2.37. The molecule has 3 N–H and O–H groups in total. The van der Waals surface area contributed by atoms with E-state index in [0.29, 0.717) is 38.6 Å². The number of primary amides is 1. The van der Waals surface area contributed by atoms with Crippen molar-refractivity contribution in [3.8, 4) is 0 Å². The third-order valence-electron chi connectivity index (χ3n) is 6.37. The van der Waals surface area contributed by atoms with Crippen molar-refractivity contribution in [2.75, 3.05) is 6.54 Å². The number of carbonyl (C=O) groups excluding carboxylic acids is 4. The lowest BCUT2D eigenvalue weighted by Gasteiger charge is -2.33. The van der Waals surface area contributed by atoms with Gasteiger partial charge in [0.1, 0.15) is 17.6 Å². The van der Waals surface area contributed by atoms with Crippen molar-refractivity contribution in [2.45, 2.75) is 75.0 Å². The molecule has 0 aliphatic carbocycles. The molecule has 1 spiro atoms. The van der Waals surface area contributed by atoms with Crippen LogP contribution in [0.25, 0.3) is 0 Å². The maximum absolute atomic E-state index is 13.2. The Morgan fingerprint density at radius 3 is 2.60 bits per heavy atom. The molecule has 4 rings (SSSR count). The molecule has 0 aromatic carbocycles. The molecule has 0 aromatic rings. The summed E-state index contributed by atoms with van der Waals surface area (Å²) in [7, 11) is 0. The Bertz CT molecular complexity index is 651. The lowest BCUT2D eigenvalue weighted by Crippen LogP contribution is -2.56. The highest BCUT2D eigenvalue weighted by Gasteiger charge is 2.55. The van der Waals surface area contributed by atoms with Crippen molar-refractivity contribution in [1.82, 2.24) is 15.1 Å². The predicted molar refractivity (Wildman–Crippen MR) is 86.9 cm³/mol. The van der Waals surface area contributed by atoms with Crippen LogP contribution in [0.3, 0.4) is 0 Å². The van der Waals surface area contributed by atoms with Crippen LogP contribution in [0.2, 0.25) is 0 Å². The number of hydrogen-bond acceptors (Lipinski definition) is 4. The first-order valence-electron chi connectivity index (χ1n) is 9.16. The van der Waals surface area contributed by atoms with Crippen LogP contribution in [0.15, 0.2) is 0 Å². The largest absolute Gasteiger partial charge is 0.368 e. The summed E-state index contributed by atoms with van der Waals surface area (Å²) in [5.74, 6) is -0.872. The average Bonchev–Trinajstić information content (AvgIpc) is 3.21. The maximum atomic E-state index is 13.2. The molecule has 0 bridgehead atoms. The van der Waals surface area contributed by atoms with E-state index in [2.05, 4.69) is 5.32 Å². The SMILES string of the molecule is NC(=O)[C@@H]1CC[C@@H]2CCC[C@H](N3CC[C@]4(CCC(=O)N4)C3=O)C(=O)N21. The standard InChI is InChI=1S/C17H24N4O4/c18-14(23)11-5-4-10-2-1-3-12(15(24)21(10)11)20-9-8-17(16(20)25)7-6-13(22)19-17/h10-12H,1-9H2,(H2,18,23)(H,19,22)/t10-,11-,12-,17+/m0/s1. The molecule has 0 radical (unpaired) electrons. The van der Waals surface area contributed by atoms with Crippen molar-refractivity contribution in [1.29, 1.82) is 0 Å². The molecule has 4 amide bonds. The summed E-state index contributed by atoms with van der Waals surface area (Å²) in [5.41, 5.74) is 4.67. The van der Waals surface area contributed by atoms with E-state index in [0.717, 1.165) is 19.3 Å². The molecule has 4 aliphatic rings. The number of nitrogens with one attached hydrogen (secondary N) is 1. The number of rotatable bonds is 2. The molecule has 4 aliphatic heterocycles. The summed E-state index contributed by atoms with van der Waals surface area (Å²) < 4.78 is 0. The van der Waals surface area contributed by atoms with Gasteiger partial charge in [0.2, 0.25) is 23.6 Å². The van der Waals surface area contributed by atoms with E-state index in [1.54, 1.807) is 9.80 Å². The number of fused-ring (bicyclic) bond motifs is 1. The fourth-order valence-corrected chi connectivity index (χ4v) is 5.07. The number of amides is 4. The maximum Gasteiger partial charge on any atom is 0.249 e. The Balaban J connectivity index is 1.58. The van der Waals surface area contributed by atoms with Gasteiger partial charge in [0, 0.05) is 19.0 Å². The monoisotopic (exact) mass is 348 g/mol. The predicted octanol–water partition coefficient (Wildman–Crippen LogP) is -0.735. The molecule has 4 atom stereocenters. The van der Waals surface area contributed by atoms with E-state index in [9.17, 15) is 19.2 Å². The molecule has 4 fully saturated rings. The molecule has 25 heavy (non-hydrogen) atoms. The quantitative estimate of drug-likeness (QED) is 0.684.